The summed E-state index contributed by atoms with van der Waals surface area (Å²) < 4.78 is 20.5. The van der Waals surface area contributed by atoms with Crippen molar-refractivity contribution in [2.45, 2.75) is 264 Å². The number of rotatable bonds is 45. The van der Waals surface area contributed by atoms with Crippen molar-refractivity contribution in [3.63, 3.8) is 0 Å². The van der Waals surface area contributed by atoms with E-state index in [1.165, 1.54) is 217 Å². The summed E-state index contributed by atoms with van der Waals surface area (Å²) >= 11 is 1.86. The number of aryl methyl sites for hydroxylation is 1. The van der Waals surface area contributed by atoms with Crippen LogP contribution < -0.4 is 0 Å². The van der Waals surface area contributed by atoms with Crippen molar-refractivity contribution in [1.29, 1.82) is 0 Å². The van der Waals surface area contributed by atoms with Crippen molar-refractivity contribution in [2.75, 3.05) is 19.8 Å². The van der Waals surface area contributed by atoms with Crippen LogP contribution in [0.25, 0.3) is 0 Å². The molecule has 0 saturated heterocycles. The maximum absolute atomic E-state index is 6.83. The third kappa shape index (κ3) is 34.7. The molecule has 0 aromatic carbocycles. The first-order chi connectivity index (χ1) is 26.3. The Labute approximate surface area is 338 Å². The van der Waals surface area contributed by atoms with Crippen LogP contribution >= 0.6 is 11.3 Å². The maximum atomic E-state index is 6.83. The van der Waals surface area contributed by atoms with E-state index in [4.69, 9.17) is 13.3 Å². The van der Waals surface area contributed by atoms with E-state index in [9.17, 15) is 0 Å². The highest BCUT2D eigenvalue weighted by atomic mass is 32.1. The van der Waals surface area contributed by atoms with Crippen LogP contribution in [-0.4, -0.2) is 28.6 Å². The average molecular weight is 779 g/mol. The van der Waals surface area contributed by atoms with Gasteiger partial charge >= 0.3 is 8.80 Å². The summed E-state index contributed by atoms with van der Waals surface area (Å²) in [5, 5.41) is 2.20. The minimum Gasteiger partial charge on any atom is -0.373 e. The van der Waals surface area contributed by atoms with Gasteiger partial charge in [0.05, 0.1) is 0 Å². The molecule has 1 aromatic heterocycles. The monoisotopic (exact) mass is 779 g/mol. The van der Waals surface area contributed by atoms with Gasteiger partial charge in [-0.2, -0.15) is 0 Å². The predicted molar refractivity (Wildman–Crippen MR) is 240 cm³/mol. The summed E-state index contributed by atoms with van der Waals surface area (Å²) in [6.07, 6.45) is 50.3. The minimum absolute atomic E-state index is 0.796. The zero-order valence-corrected chi connectivity index (χ0v) is 38.2. The lowest BCUT2D eigenvalue weighted by Gasteiger charge is -2.30. The Bertz CT molecular complexity index is 805. The van der Waals surface area contributed by atoms with Crippen molar-refractivity contribution in [3.05, 3.63) is 22.4 Å². The van der Waals surface area contributed by atoms with Gasteiger partial charge in [-0.3, -0.25) is 0 Å². The highest BCUT2D eigenvalue weighted by molar-refractivity contribution is 7.09. The number of hydrogen-bond donors (Lipinski definition) is 0. The molecule has 0 bridgehead atoms. The van der Waals surface area contributed by atoms with Crippen LogP contribution in [0.1, 0.15) is 257 Å². The summed E-state index contributed by atoms with van der Waals surface area (Å²) in [6.45, 7) is 9.30. The summed E-state index contributed by atoms with van der Waals surface area (Å²) in [6, 6.07) is 5.36. The number of thiophene rings is 1. The Morgan fingerprint density at radius 3 is 0.887 bits per heavy atom. The van der Waals surface area contributed by atoms with Gasteiger partial charge in [-0.05, 0) is 37.1 Å². The molecule has 3 nitrogen and oxygen atoms in total. The van der Waals surface area contributed by atoms with Crippen molar-refractivity contribution < 1.29 is 13.3 Å². The Morgan fingerprint density at radius 1 is 0.377 bits per heavy atom. The van der Waals surface area contributed by atoms with E-state index >= 15 is 0 Å². The maximum Gasteiger partial charge on any atom is 0.501 e. The molecule has 0 saturated carbocycles. The third-order valence-corrected chi connectivity index (χ3v) is 14.9. The van der Waals surface area contributed by atoms with Gasteiger partial charge in [-0.1, -0.05) is 239 Å². The van der Waals surface area contributed by atoms with Crippen LogP contribution in [0.4, 0.5) is 0 Å². The molecule has 0 aliphatic heterocycles. The lowest BCUT2D eigenvalue weighted by atomic mass is 10.0. The van der Waals surface area contributed by atoms with Gasteiger partial charge in [0, 0.05) is 30.7 Å². The van der Waals surface area contributed by atoms with Gasteiger partial charge < -0.3 is 13.3 Å². The minimum atomic E-state index is -2.74. The third-order valence-electron chi connectivity index (χ3n) is 11.2. The molecule has 0 aliphatic rings. The predicted octanol–water partition coefficient (Wildman–Crippen LogP) is 17.4. The van der Waals surface area contributed by atoms with Gasteiger partial charge in [0.1, 0.15) is 0 Å². The van der Waals surface area contributed by atoms with E-state index < -0.39 is 8.80 Å². The molecule has 0 amide bonds. The summed E-state index contributed by atoms with van der Waals surface area (Å²) in [4.78, 5) is 1.43. The first-order valence-corrected chi connectivity index (χ1v) is 27.0. The molecule has 0 N–H and O–H groups in total. The van der Waals surface area contributed by atoms with Crippen LogP contribution in [0.5, 0.6) is 0 Å². The highest BCUT2D eigenvalue weighted by Gasteiger charge is 2.41. The Balaban J connectivity index is 2.46. The molecule has 1 aromatic rings. The zero-order valence-electron chi connectivity index (χ0n) is 36.4. The molecule has 53 heavy (non-hydrogen) atoms. The molecule has 5 heteroatoms. The number of unbranched alkanes of at least 4 members (excludes halogenated alkanes) is 33. The molecule has 1 unspecified atom stereocenters. The van der Waals surface area contributed by atoms with Gasteiger partial charge in [0.15, 0.2) is 0 Å². The lowest BCUT2D eigenvalue weighted by Crippen LogP contribution is -2.47. The van der Waals surface area contributed by atoms with E-state index in [1.54, 1.807) is 0 Å². The van der Waals surface area contributed by atoms with E-state index in [2.05, 4.69) is 38.3 Å². The Kier molecular flexibility index (Phi) is 39.7. The van der Waals surface area contributed by atoms with Crippen LogP contribution in [0, 0.1) is 0 Å². The molecule has 314 valence electrons. The van der Waals surface area contributed by atoms with Crippen LogP contribution in [0.2, 0.25) is 6.04 Å². The van der Waals surface area contributed by atoms with E-state index in [0.717, 1.165) is 51.5 Å². The van der Waals surface area contributed by atoms with Crippen molar-refractivity contribution in [2.24, 2.45) is 0 Å². The summed E-state index contributed by atoms with van der Waals surface area (Å²) in [7, 11) is -2.74. The molecule has 0 radical (unpaired) electrons. The van der Waals surface area contributed by atoms with Crippen LogP contribution in [0.15, 0.2) is 17.5 Å². The van der Waals surface area contributed by atoms with Gasteiger partial charge in [-0.25, -0.2) is 0 Å². The molecule has 1 atom stereocenters. The second-order valence-electron chi connectivity index (χ2n) is 16.5. The highest BCUT2D eigenvalue weighted by Crippen LogP contribution is 2.24. The Morgan fingerprint density at radius 2 is 0.642 bits per heavy atom. The van der Waals surface area contributed by atoms with E-state index in [0.29, 0.717) is 0 Å². The first-order valence-electron chi connectivity index (χ1n) is 24.2. The topological polar surface area (TPSA) is 27.7 Å². The molecule has 1 heterocycles. The SMILES string of the molecule is CCCCCCCCCCCCCCCCO[Si](CCc1cccs1)(OCCCCCCCCCCCC)OCCCCCCCCCCCCCC. The van der Waals surface area contributed by atoms with Gasteiger partial charge in [0.2, 0.25) is 0 Å². The Hall–Kier alpha value is -0.203. The average Bonchev–Trinajstić information content (AvgIpc) is 3.70. The van der Waals surface area contributed by atoms with E-state index in [-0.39, 0.29) is 0 Å². The fourth-order valence-corrected chi connectivity index (χ4v) is 11.1. The quantitative estimate of drug-likeness (QED) is 0.0487. The molecule has 0 aliphatic carbocycles. The molecule has 0 fully saturated rings. The van der Waals surface area contributed by atoms with Gasteiger partial charge in [-0.15, -0.1) is 11.3 Å². The standard InChI is InChI=1S/C48H94O3SSi/c1-4-7-10-13-16-19-22-24-25-27-30-33-36-39-45-51-53(47-42-48-41-40-46-52-48,49-43-37-34-31-28-21-18-15-12-9-6-3)50-44-38-35-32-29-26-23-20-17-14-11-8-5-2/h40-41,46H,4-39,42-45,47H2,1-3H3. The van der Waals surface area contributed by atoms with Crippen LogP contribution in [0.3, 0.4) is 0 Å². The lowest BCUT2D eigenvalue weighted by molar-refractivity contribution is 0.0553. The molecular weight excluding hydrogens is 685 g/mol. The largest absolute Gasteiger partial charge is 0.501 e. The molecule has 1 rings (SSSR count). The smallest absolute Gasteiger partial charge is 0.373 e. The van der Waals surface area contributed by atoms with Gasteiger partial charge in [0.25, 0.3) is 0 Å². The fraction of sp³-hybridized carbons (Fsp3) is 0.917. The second-order valence-corrected chi connectivity index (χ2v) is 20.2. The fourth-order valence-electron chi connectivity index (χ4n) is 7.58. The second kappa shape index (κ2) is 41.4. The summed E-state index contributed by atoms with van der Waals surface area (Å²) in [5.41, 5.74) is 0. The first kappa shape index (κ1) is 50.8. The summed E-state index contributed by atoms with van der Waals surface area (Å²) in [5.74, 6) is 0. The van der Waals surface area contributed by atoms with Crippen LogP contribution in [-0.2, 0) is 19.7 Å². The molecular formula is C48H94O3SSi. The number of hydrogen-bond acceptors (Lipinski definition) is 4. The van der Waals surface area contributed by atoms with Crippen molar-refractivity contribution in [1.82, 2.24) is 0 Å². The molecule has 0 spiro atoms. The van der Waals surface area contributed by atoms with E-state index in [1.807, 2.05) is 11.3 Å². The zero-order chi connectivity index (χ0) is 38.0. The normalized spacial score (nSPS) is 12.9. The van der Waals surface area contributed by atoms with Crippen molar-refractivity contribution >= 4 is 20.1 Å². The van der Waals surface area contributed by atoms with Crippen molar-refractivity contribution in [3.8, 4) is 0 Å².